The second-order valence-electron chi connectivity index (χ2n) is 3.16. The standard InChI is InChI=1S/C12H9INO3/c15-14(16)17-12-8-6-11(7-9-12)13-10-4-2-1-3-5-10/h1-9H/q+1. The minimum atomic E-state index is -0.804. The third-order valence-corrected chi connectivity index (χ3v) is 4.63. The molecule has 0 aliphatic heterocycles. The molecule has 0 amide bonds. The molecular weight excluding hydrogens is 333 g/mol. The molecule has 0 saturated heterocycles. The van der Waals surface area contributed by atoms with E-state index >= 15 is 0 Å². The SMILES string of the molecule is O=[N+]([O-])Oc1ccc([I+]c2ccccc2)cc1. The Morgan fingerprint density at radius 2 is 1.53 bits per heavy atom. The third-order valence-electron chi connectivity index (χ3n) is 1.94. The van der Waals surface area contributed by atoms with Crippen molar-refractivity contribution in [1.82, 2.24) is 0 Å². The molecule has 86 valence electrons. The Hall–Kier alpha value is -1.63. The summed E-state index contributed by atoms with van der Waals surface area (Å²) in [4.78, 5) is 14.5. The summed E-state index contributed by atoms with van der Waals surface area (Å²) in [6.45, 7) is 0. The predicted molar refractivity (Wildman–Crippen MR) is 57.9 cm³/mol. The number of benzene rings is 2. The van der Waals surface area contributed by atoms with Gasteiger partial charge >= 0.3 is 21.2 Å². The van der Waals surface area contributed by atoms with Crippen LogP contribution in [0.25, 0.3) is 0 Å². The first-order valence-electron chi connectivity index (χ1n) is 4.86. The third kappa shape index (κ3) is 3.70. The van der Waals surface area contributed by atoms with Crippen molar-refractivity contribution in [3.8, 4) is 5.75 Å². The van der Waals surface area contributed by atoms with E-state index in [4.69, 9.17) is 0 Å². The van der Waals surface area contributed by atoms with Gasteiger partial charge in [0.1, 0.15) is 5.75 Å². The molecule has 0 atom stereocenters. The molecule has 0 saturated carbocycles. The largest absolute Gasteiger partial charge is 0.357 e. The smallest absolute Gasteiger partial charge is 0.276 e. The lowest BCUT2D eigenvalue weighted by Crippen LogP contribution is -3.61. The van der Waals surface area contributed by atoms with Crippen molar-refractivity contribution >= 4 is 0 Å². The van der Waals surface area contributed by atoms with Gasteiger partial charge < -0.3 is 0 Å². The average molecular weight is 342 g/mol. The van der Waals surface area contributed by atoms with E-state index in [0.717, 1.165) is 0 Å². The second-order valence-corrected chi connectivity index (χ2v) is 6.19. The van der Waals surface area contributed by atoms with Crippen LogP contribution in [0.4, 0.5) is 0 Å². The molecule has 0 N–H and O–H groups in total. The van der Waals surface area contributed by atoms with E-state index < -0.39 is 5.09 Å². The molecule has 4 nitrogen and oxygen atoms in total. The molecule has 0 spiro atoms. The number of rotatable bonds is 4. The maximum atomic E-state index is 10.1. The van der Waals surface area contributed by atoms with Gasteiger partial charge in [-0.1, -0.05) is 18.2 Å². The van der Waals surface area contributed by atoms with Gasteiger partial charge in [-0.3, -0.25) is 4.84 Å². The summed E-state index contributed by atoms with van der Waals surface area (Å²) in [5.74, 6) is 0.260. The van der Waals surface area contributed by atoms with E-state index in [-0.39, 0.29) is 27.0 Å². The van der Waals surface area contributed by atoms with Gasteiger partial charge in [-0.05, 0) is 36.4 Å². The van der Waals surface area contributed by atoms with Crippen LogP contribution in [0, 0.1) is 17.3 Å². The first-order valence-corrected chi connectivity index (χ1v) is 7.02. The Labute approximate surface area is 109 Å². The van der Waals surface area contributed by atoms with Crippen molar-refractivity contribution in [3.05, 3.63) is 71.9 Å². The highest BCUT2D eigenvalue weighted by Gasteiger charge is 2.14. The fourth-order valence-electron chi connectivity index (χ4n) is 1.25. The Bertz CT molecular complexity index is 499. The minimum absolute atomic E-state index is 0.231. The first-order chi connectivity index (χ1) is 8.24. The molecule has 0 unspecified atom stereocenters. The number of nitrogens with zero attached hydrogens (tertiary/aromatic N) is 1. The van der Waals surface area contributed by atoms with Gasteiger partial charge in [0.05, 0.1) is 0 Å². The minimum Gasteiger partial charge on any atom is -0.276 e. The van der Waals surface area contributed by atoms with Crippen molar-refractivity contribution < 1.29 is 31.1 Å². The summed E-state index contributed by atoms with van der Waals surface area (Å²) < 4.78 is 2.51. The number of hydrogen-bond acceptors (Lipinski definition) is 3. The topological polar surface area (TPSA) is 52.4 Å². The molecule has 0 aliphatic rings. The molecule has 17 heavy (non-hydrogen) atoms. The molecule has 0 heterocycles. The zero-order valence-electron chi connectivity index (χ0n) is 8.75. The van der Waals surface area contributed by atoms with Gasteiger partial charge in [-0.2, -0.15) is 0 Å². The number of hydrogen-bond donors (Lipinski definition) is 0. The second kappa shape index (κ2) is 5.62. The van der Waals surface area contributed by atoms with Crippen LogP contribution in [0.5, 0.6) is 5.75 Å². The van der Waals surface area contributed by atoms with Crippen molar-refractivity contribution in [1.29, 1.82) is 0 Å². The lowest BCUT2D eigenvalue weighted by Gasteiger charge is -1.95. The number of halogens is 1. The fraction of sp³-hybridized carbons (Fsp3) is 0. The zero-order chi connectivity index (χ0) is 12.1. The molecule has 2 aromatic rings. The lowest BCUT2D eigenvalue weighted by atomic mass is 10.3. The summed E-state index contributed by atoms with van der Waals surface area (Å²) in [6, 6.07) is 17.2. The van der Waals surface area contributed by atoms with Crippen LogP contribution in [0.1, 0.15) is 0 Å². The normalized spacial score (nSPS) is 9.88. The highest BCUT2D eigenvalue weighted by Crippen LogP contribution is 2.07. The summed E-state index contributed by atoms with van der Waals surface area (Å²) in [5, 5.41) is 9.33. The van der Waals surface area contributed by atoms with E-state index in [2.05, 4.69) is 17.0 Å². The lowest BCUT2D eigenvalue weighted by molar-refractivity contribution is -0.711. The molecule has 0 aromatic heterocycles. The van der Waals surface area contributed by atoms with Gasteiger partial charge in [-0.15, -0.1) is 10.1 Å². The summed E-state index contributed by atoms with van der Waals surface area (Å²) in [7, 11) is 0. The van der Waals surface area contributed by atoms with Crippen LogP contribution in [0.15, 0.2) is 54.6 Å². The molecule has 0 fully saturated rings. The van der Waals surface area contributed by atoms with Crippen molar-refractivity contribution in [2.75, 3.05) is 0 Å². The van der Waals surface area contributed by atoms with E-state index in [1.165, 1.54) is 7.14 Å². The average Bonchev–Trinajstić information content (AvgIpc) is 2.32. The highest BCUT2D eigenvalue weighted by molar-refractivity contribution is 5.20. The summed E-state index contributed by atoms with van der Waals surface area (Å²) in [6.07, 6.45) is 0. The van der Waals surface area contributed by atoms with Crippen LogP contribution < -0.4 is 26.0 Å². The van der Waals surface area contributed by atoms with Gasteiger partial charge in [0.25, 0.3) is 5.09 Å². The maximum absolute atomic E-state index is 10.1. The van der Waals surface area contributed by atoms with E-state index in [9.17, 15) is 10.1 Å². The van der Waals surface area contributed by atoms with Gasteiger partial charge in [0.2, 0.25) is 0 Å². The van der Waals surface area contributed by atoms with Crippen LogP contribution in [0.3, 0.4) is 0 Å². The van der Waals surface area contributed by atoms with E-state index in [0.29, 0.717) is 0 Å². The monoisotopic (exact) mass is 342 g/mol. The molecule has 0 bridgehead atoms. The summed E-state index contributed by atoms with van der Waals surface area (Å²) >= 11 is -0.231. The van der Waals surface area contributed by atoms with Gasteiger partial charge in [0.15, 0.2) is 7.14 Å². The van der Waals surface area contributed by atoms with Crippen LogP contribution >= 0.6 is 0 Å². The summed E-state index contributed by atoms with van der Waals surface area (Å²) in [5.41, 5.74) is 0. The molecule has 5 heteroatoms. The Kier molecular flexibility index (Phi) is 3.92. The zero-order valence-corrected chi connectivity index (χ0v) is 10.9. The van der Waals surface area contributed by atoms with E-state index in [1.54, 1.807) is 12.1 Å². The highest BCUT2D eigenvalue weighted by atomic mass is 127. The van der Waals surface area contributed by atoms with Crippen molar-refractivity contribution in [2.24, 2.45) is 0 Å². The van der Waals surface area contributed by atoms with Crippen LogP contribution in [-0.2, 0) is 0 Å². The maximum Gasteiger partial charge on any atom is 0.357 e. The predicted octanol–water partition coefficient (Wildman–Crippen LogP) is -0.614. The van der Waals surface area contributed by atoms with E-state index in [1.807, 2.05) is 30.3 Å². The van der Waals surface area contributed by atoms with Crippen LogP contribution in [0.2, 0.25) is 0 Å². The van der Waals surface area contributed by atoms with Gasteiger partial charge in [0, 0.05) is 0 Å². The molecule has 2 aromatic carbocycles. The van der Waals surface area contributed by atoms with Crippen molar-refractivity contribution in [3.63, 3.8) is 0 Å². The van der Waals surface area contributed by atoms with Crippen LogP contribution in [-0.4, -0.2) is 5.09 Å². The Morgan fingerprint density at radius 3 is 2.12 bits per heavy atom. The Morgan fingerprint density at radius 1 is 0.941 bits per heavy atom. The molecule has 0 aliphatic carbocycles. The molecule has 0 radical (unpaired) electrons. The van der Waals surface area contributed by atoms with Crippen molar-refractivity contribution in [2.45, 2.75) is 0 Å². The quantitative estimate of drug-likeness (QED) is 0.423. The first kappa shape index (κ1) is 11.8. The fourth-order valence-corrected chi connectivity index (χ4v) is 3.46. The molecular formula is C12H9INO3+. The Balaban J connectivity index is 2.06. The van der Waals surface area contributed by atoms with Gasteiger partial charge in [-0.25, -0.2) is 0 Å². The molecule has 2 rings (SSSR count).